The second-order valence-corrected chi connectivity index (χ2v) is 8.50. The molecule has 5 aromatic rings. The molecule has 0 saturated heterocycles. The highest BCUT2D eigenvalue weighted by Gasteiger charge is 2.20. The Balaban J connectivity index is 1.56. The van der Waals surface area contributed by atoms with Crippen molar-refractivity contribution in [2.45, 2.75) is 6.54 Å². The maximum atomic E-state index is 14.4. The monoisotopic (exact) mass is 544 g/mol. The number of hydrogen-bond acceptors (Lipinski definition) is 10. The van der Waals surface area contributed by atoms with E-state index >= 15 is 0 Å². The average Bonchev–Trinajstić information content (AvgIpc) is 3.35. The van der Waals surface area contributed by atoms with Crippen LogP contribution < -0.4 is 10.1 Å². The normalized spacial score (nSPS) is 11.0. The van der Waals surface area contributed by atoms with Gasteiger partial charge >= 0.3 is 5.97 Å². The summed E-state index contributed by atoms with van der Waals surface area (Å²) in [5, 5.41) is 26.8. The van der Waals surface area contributed by atoms with E-state index in [2.05, 4.69) is 20.3 Å². The Morgan fingerprint density at radius 2 is 1.80 bits per heavy atom. The first-order valence-corrected chi connectivity index (χ1v) is 12.4. The molecule has 0 aliphatic rings. The van der Waals surface area contributed by atoms with E-state index in [0.717, 1.165) is 10.9 Å². The number of aromatic nitrogens is 5. The predicted octanol–water partition coefficient (Wildman–Crippen LogP) is 3.34. The minimum absolute atomic E-state index is 0.0146. The van der Waals surface area contributed by atoms with Gasteiger partial charge in [-0.25, -0.2) is 19.2 Å². The summed E-state index contributed by atoms with van der Waals surface area (Å²) in [7, 11) is 0. The molecule has 0 amide bonds. The summed E-state index contributed by atoms with van der Waals surface area (Å²) in [5.74, 6) is -0.342. The van der Waals surface area contributed by atoms with Gasteiger partial charge in [0, 0.05) is 23.3 Å². The topological polar surface area (TPSA) is 145 Å². The Bertz CT molecular complexity index is 1640. The van der Waals surface area contributed by atoms with Crippen molar-refractivity contribution in [1.82, 2.24) is 24.7 Å². The number of nitrogens with zero attached hydrogens (tertiary/aromatic N) is 5. The lowest BCUT2D eigenvalue weighted by Crippen LogP contribution is -2.12. The second kappa shape index (κ2) is 12.3. The highest BCUT2D eigenvalue weighted by atomic mass is 19.1. The van der Waals surface area contributed by atoms with Crippen LogP contribution in [0.2, 0.25) is 0 Å². The van der Waals surface area contributed by atoms with Crippen molar-refractivity contribution < 1.29 is 28.9 Å². The van der Waals surface area contributed by atoms with Crippen LogP contribution in [0.5, 0.6) is 5.75 Å². The molecule has 3 heterocycles. The molecule has 11 nitrogen and oxygen atoms in total. The van der Waals surface area contributed by atoms with Crippen LogP contribution in [-0.2, 0) is 11.3 Å². The standard InChI is InChI=1S/C28H25FN6O5/c29-21-7-3-1-5-18(21)17-35-23-8-4-2-6-19(23)25(34-35)27-31-16-24(39-13-11-36)26(33-27)32-22-9-10-30-15-20(22)28(38)40-14-12-37/h1-10,15-16,36-37H,11-14,17H2,(H,30,31,32,33). The lowest BCUT2D eigenvalue weighted by Gasteiger charge is -2.14. The first-order valence-electron chi connectivity index (χ1n) is 12.4. The van der Waals surface area contributed by atoms with Crippen LogP contribution in [0.25, 0.3) is 22.4 Å². The zero-order valence-electron chi connectivity index (χ0n) is 21.2. The second-order valence-electron chi connectivity index (χ2n) is 8.50. The molecule has 0 unspecified atom stereocenters. The number of aliphatic hydroxyl groups excluding tert-OH is 2. The number of pyridine rings is 1. The van der Waals surface area contributed by atoms with Gasteiger partial charge in [-0.2, -0.15) is 5.10 Å². The fraction of sp³-hybridized carbons (Fsp3) is 0.179. The van der Waals surface area contributed by atoms with Crippen molar-refractivity contribution in [1.29, 1.82) is 0 Å². The van der Waals surface area contributed by atoms with Gasteiger partial charge in [0.1, 0.15) is 30.3 Å². The minimum atomic E-state index is -0.686. The Morgan fingerprint density at radius 3 is 2.62 bits per heavy atom. The van der Waals surface area contributed by atoms with Gasteiger partial charge in [-0.1, -0.05) is 36.4 Å². The van der Waals surface area contributed by atoms with Gasteiger partial charge < -0.3 is 25.0 Å². The molecule has 2 aromatic carbocycles. The number of ether oxygens (including phenoxy) is 2. The molecule has 0 aliphatic heterocycles. The molecule has 0 saturated carbocycles. The molecule has 0 bridgehead atoms. The van der Waals surface area contributed by atoms with E-state index in [-0.39, 0.29) is 61.7 Å². The molecular formula is C28H25FN6O5. The van der Waals surface area contributed by atoms with Crippen LogP contribution in [0.4, 0.5) is 15.9 Å². The van der Waals surface area contributed by atoms with E-state index in [9.17, 15) is 14.3 Å². The van der Waals surface area contributed by atoms with Crippen molar-refractivity contribution in [3.8, 4) is 17.3 Å². The number of hydrogen-bond donors (Lipinski definition) is 3. The number of esters is 1. The Hall–Kier alpha value is -4.94. The number of para-hydroxylation sites is 1. The number of anilines is 2. The summed E-state index contributed by atoms with van der Waals surface area (Å²) >= 11 is 0. The SMILES string of the molecule is O=C(OCCO)c1cnccc1Nc1nc(-c2nn(Cc3ccccc3F)c3ccccc23)ncc1OCCO. The average molecular weight is 545 g/mol. The fourth-order valence-corrected chi connectivity index (χ4v) is 4.05. The molecular weight excluding hydrogens is 519 g/mol. The van der Waals surface area contributed by atoms with Crippen LogP contribution in [0.1, 0.15) is 15.9 Å². The summed E-state index contributed by atoms with van der Waals surface area (Å²) in [6.45, 7) is -0.537. The maximum Gasteiger partial charge on any atom is 0.341 e. The number of carbonyl (C=O) groups is 1. The molecule has 0 fully saturated rings. The number of benzene rings is 2. The third kappa shape index (κ3) is 5.72. The van der Waals surface area contributed by atoms with Crippen LogP contribution >= 0.6 is 0 Å². The quantitative estimate of drug-likeness (QED) is 0.212. The summed E-state index contributed by atoms with van der Waals surface area (Å²) in [4.78, 5) is 25.6. The van der Waals surface area contributed by atoms with E-state index < -0.39 is 5.97 Å². The van der Waals surface area contributed by atoms with Gasteiger partial charge in [0.15, 0.2) is 17.4 Å². The lowest BCUT2D eigenvalue weighted by molar-refractivity contribution is 0.0434. The number of rotatable bonds is 11. The van der Waals surface area contributed by atoms with Gasteiger partial charge in [0.25, 0.3) is 0 Å². The predicted molar refractivity (Wildman–Crippen MR) is 144 cm³/mol. The van der Waals surface area contributed by atoms with Gasteiger partial charge in [-0.3, -0.25) is 9.67 Å². The van der Waals surface area contributed by atoms with Gasteiger partial charge in [-0.15, -0.1) is 0 Å². The summed E-state index contributed by atoms with van der Waals surface area (Å²) < 4.78 is 26.8. The number of halogens is 1. The molecule has 5 rings (SSSR count). The summed E-state index contributed by atoms with van der Waals surface area (Å²) in [5.41, 5.74) is 2.15. The molecule has 40 heavy (non-hydrogen) atoms. The van der Waals surface area contributed by atoms with E-state index in [1.54, 1.807) is 28.9 Å². The number of nitrogens with one attached hydrogen (secondary N) is 1. The van der Waals surface area contributed by atoms with E-state index in [1.807, 2.05) is 24.3 Å². The highest BCUT2D eigenvalue weighted by molar-refractivity contribution is 5.96. The lowest BCUT2D eigenvalue weighted by atomic mass is 10.2. The molecule has 12 heteroatoms. The van der Waals surface area contributed by atoms with Crippen LogP contribution in [-0.4, -0.2) is 67.3 Å². The van der Waals surface area contributed by atoms with Crippen molar-refractivity contribution in [2.75, 3.05) is 31.7 Å². The summed E-state index contributed by atoms with van der Waals surface area (Å²) in [6.07, 6.45) is 4.26. The minimum Gasteiger partial charge on any atom is -0.486 e. The zero-order valence-corrected chi connectivity index (χ0v) is 21.2. The van der Waals surface area contributed by atoms with Gasteiger partial charge in [-0.05, 0) is 18.2 Å². The third-order valence-corrected chi connectivity index (χ3v) is 5.87. The number of aliphatic hydroxyl groups is 2. The van der Waals surface area contributed by atoms with Crippen molar-refractivity contribution in [3.63, 3.8) is 0 Å². The number of carbonyl (C=O) groups excluding carboxylic acids is 1. The van der Waals surface area contributed by atoms with E-state index in [0.29, 0.717) is 16.9 Å². The van der Waals surface area contributed by atoms with Crippen LogP contribution in [0, 0.1) is 5.82 Å². The molecule has 0 aliphatic carbocycles. The Labute approximate surface area is 227 Å². The summed E-state index contributed by atoms with van der Waals surface area (Å²) in [6, 6.07) is 15.6. The maximum absolute atomic E-state index is 14.4. The largest absolute Gasteiger partial charge is 0.486 e. The fourth-order valence-electron chi connectivity index (χ4n) is 4.05. The Kier molecular flexibility index (Phi) is 8.18. The van der Waals surface area contributed by atoms with Gasteiger partial charge in [0.05, 0.1) is 37.2 Å². The zero-order chi connectivity index (χ0) is 27.9. The number of fused-ring (bicyclic) bond motifs is 1. The first kappa shape index (κ1) is 26.7. The molecule has 0 radical (unpaired) electrons. The van der Waals surface area contributed by atoms with Gasteiger partial charge in [0.2, 0.25) is 0 Å². The molecule has 3 N–H and O–H groups in total. The molecule has 0 spiro atoms. The van der Waals surface area contributed by atoms with E-state index in [1.165, 1.54) is 24.7 Å². The molecule has 204 valence electrons. The molecule has 0 atom stereocenters. The van der Waals surface area contributed by atoms with Crippen LogP contribution in [0.15, 0.2) is 73.2 Å². The Morgan fingerprint density at radius 1 is 1.00 bits per heavy atom. The first-order chi connectivity index (χ1) is 19.6. The van der Waals surface area contributed by atoms with Crippen molar-refractivity contribution in [3.05, 3.63) is 90.1 Å². The highest BCUT2D eigenvalue weighted by Crippen LogP contribution is 2.32. The smallest absolute Gasteiger partial charge is 0.341 e. The van der Waals surface area contributed by atoms with Crippen LogP contribution in [0.3, 0.4) is 0 Å². The third-order valence-electron chi connectivity index (χ3n) is 5.87. The van der Waals surface area contributed by atoms with Crippen molar-refractivity contribution >= 4 is 28.4 Å². The van der Waals surface area contributed by atoms with E-state index in [4.69, 9.17) is 19.7 Å². The van der Waals surface area contributed by atoms with Crippen molar-refractivity contribution in [2.24, 2.45) is 0 Å². The molecule has 3 aromatic heterocycles.